The molecule has 2 aromatic carbocycles. The van der Waals surface area contributed by atoms with Gasteiger partial charge in [0, 0.05) is 76.4 Å². The van der Waals surface area contributed by atoms with Gasteiger partial charge in [0.25, 0.3) is 0 Å². The Morgan fingerprint density at radius 3 is 2.28 bits per heavy atom. The number of hydrogen-bond acceptors (Lipinski definition) is 7. The molecule has 1 aromatic heterocycles. The first kappa shape index (κ1) is 27.9. The van der Waals surface area contributed by atoms with Crippen LogP contribution in [0.15, 0.2) is 54.6 Å². The van der Waals surface area contributed by atoms with Crippen LogP contribution < -0.4 is 14.4 Å². The Balaban J connectivity index is 1.64. The van der Waals surface area contributed by atoms with Crippen molar-refractivity contribution in [2.24, 2.45) is 0 Å². The van der Waals surface area contributed by atoms with Crippen LogP contribution in [-0.4, -0.2) is 87.3 Å². The van der Waals surface area contributed by atoms with Crippen LogP contribution in [0.5, 0.6) is 11.5 Å². The zero-order chi connectivity index (χ0) is 27.8. The molecule has 2 amide bonds. The SMILES string of the molecule is COCCN(Cc1cc2ccc(OC)cc2nc1N1CCN(C(C)=O)CC1)C(=O)/C=C/c1ccc(OC)cc1. The highest BCUT2D eigenvalue weighted by atomic mass is 16.5. The minimum Gasteiger partial charge on any atom is -0.497 e. The molecular weight excluding hydrogens is 496 g/mol. The quantitative estimate of drug-likeness (QED) is 0.369. The van der Waals surface area contributed by atoms with Gasteiger partial charge < -0.3 is 28.9 Å². The number of amides is 2. The maximum Gasteiger partial charge on any atom is 0.246 e. The summed E-state index contributed by atoms with van der Waals surface area (Å²) < 4.78 is 15.9. The minimum atomic E-state index is -0.120. The van der Waals surface area contributed by atoms with Crippen molar-refractivity contribution < 1.29 is 23.8 Å². The van der Waals surface area contributed by atoms with E-state index in [4.69, 9.17) is 19.2 Å². The van der Waals surface area contributed by atoms with Crippen molar-refractivity contribution in [1.29, 1.82) is 0 Å². The van der Waals surface area contributed by atoms with Crippen molar-refractivity contribution in [2.75, 3.05) is 65.6 Å². The number of anilines is 1. The molecule has 206 valence electrons. The Labute approximate surface area is 229 Å². The lowest BCUT2D eigenvalue weighted by atomic mass is 10.1. The average Bonchev–Trinajstić information content (AvgIpc) is 2.97. The molecule has 2 heterocycles. The van der Waals surface area contributed by atoms with Gasteiger partial charge in [0.15, 0.2) is 0 Å². The Kier molecular flexibility index (Phi) is 9.38. The number of nitrogens with zero attached hydrogens (tertiary/aromatic N) is 4. The molecule has 39 heavy (non-hydrogen) atoms. The third-order valence-corrected chi connectivity index (χ3v) is 6.88. The van der Waals surface area contributed by atoms with Crippen molar-refractivity contribution in [3.05, 3.63) is 65.7 Å². The second kappa shape index (κ2) is 13.1. The van der Waals surface area contributed by atoms with Crippen LogP contribution in [0.3, 0.4) is 0 Å². The molecule has 0 N–H and O–H groups in total. The van der Waals surface area contributed by atoms with Gasteiger partial charge in [0.2, 0.25) is 11.8 Å². The minimum absolute atomic E-state index is 0.0751. The molecule has 0 spiro atoms. The summed E-state index contributed by atoms with van der Waals surface area (Å²) in [6.45, 7) is 5.39. The maximum absolute atomic E-state index is 13.4. The molecule has 3 aromatic rings. The smallest absolute Gasteiger partial charge is 0.246 e. The Bertz CT molecular complexity index is 1320. The normalized spacial score (nSPS) is 13.6. The molecule has 0 radical (unpaired) electrons. The molecule has 0 unspecified atom stereocenters. The number of carbonyl (C=O) groups is 2. The van der Waals surface area contributed by atoms with Gasteiger partial charge in [0.1, 0.15) is 17.3 Å². The van der Waals surface area contributed by atoms with Crippen LogP contribution in [0.4, 0.5) is 5.82 Å². The Morgan fingerprint density at radius 1 is 0.949 bits per heavy atom. The molecule has 0 bridgehead atoms. The van der Waals surface area contributed by atoms with Gasteiger partial charge in [-0.2, -0.15) is 0 Å². The number of pyridine rings is 1. The van der Waals surface area contributed by atoms with E-state index in [-0.39, 0.29) is 11.8 Å². The van der Waals surface area contributed by atoms with E-state index in [2.05, 4.69) is 11.0 Å². The number of hydrogen-bond donors (Lipinski definition) is 0. The first-order valence-corrected chi connectivity index (χ1v) is 13.0. The Hall–Kier alpha value is -4.11. The van der Waals surface area contributed by atoms with Gasteiger partial charge in [-0.15, -0.1) is 0 Å². The number of benzene rings is 2. The monoisotopic (exact) mass is 532 g/mol. The number of piperazine rings is 1. The number of rotatable bonds is 10. The van der Waals surface area contributed by atoms with E-state index in [9.17, 15) is 9.59 Å². The van der Waals surface area contributed by atoms with E-state index in [1.54, 1.807) is 45.3 Å². The maximum atomic E-state index is 13.4. The van der Waals surface area contributed by atoms with Crippen molar-refractivity contribution in [3.8, 4) is 11.5 Å². The lowest BCUT2D eigenvalue weighted by Crippen LogP contribution is -2.48. The van der Waals surface area contributed by atoms with Gasteiger partial charge >= 0.3 is 0 Å². The summed E-state index contributed by atoms with van der Waals surface area (Å²) in [5.41, 5.74) is 2.66. The zero-order valence-electron chi connectivity index (χ0n) is 23.1. The molecule has 4 rings (SSSR count). The molecular formula is C30H36N4O5. The number of ether oxygens (including phenoxy) is 3. The van der Waals surface area contributed by atoms with Crippen LogP contribution in [0.25, 0.3) is 17.0 Å². The fourth-order valence-electron chi connectivity index (χ4n) is 4.59. The van der Waals surface area contributed by atoms with Gasteiger partial charge in [0.05, 0.1) is 26.3 Å². The van der Waals surface area contributed by atoms with Crippen molar-refractivity contribution in [1.82, 2.24) is 14.8 Å². The van der Waals surface area contributed by atoms with Crippen LogP contribution in [0, 0.1) is 0 Å². The molecule has 0 atom stereocenters. The van der Waals surface area contributed by atoms with Crippen LogP contribution in [0.1, 0.15) is 18.1 Å². The molecule has 1 fully saturated rings. The molecule has 9 heteroatoms. The predicted octanol–water partition coefficient (Wildman–Crippen LogP) is 3.61. The molecule has 1 aliphatic rings. The third-order valence-electron chi connectivity index (χ3n) is 6.88. The van der Waals surface area contributed by atoms with Crippen molar-refractivity contribution in [3.63, 3.8) is 0 Å². The summed E-state index contributed by atoms with van der Waals surface area (Å²) in [7, 11) is 4.88. The third kappa shape index (κ3) is 7.06. The number of carbonyl (C=O) groups excluding carboxylic acids is 2. The summed E-state index contributed by atoms with van der Waals surface area (Å²) in [6, 6.07) is 15.4. The molecule has 0 saturated carbocycles. The van der Waals surface area contributed by atoms with Crippen LogP contribution in [-0.2, 0) is 20.9 Å². The van der Waals surface area contributed by atoms with Gasteiger partial charge in [-0.25, -0.2) is 4.98 Å². The van der Waals surface area contributed by atoms with E-state index in [1.807, 2.05) is 47.4 Å². The van der Waals surface area contributed by atoms with E-state index >= 15 is 0 Å². The number of methoxy groups -OCH3 is 3. The summed E-state index contributed by atoms with van der Waals surface area (Å²) >= 11 is 0. The summed E-state index contributed by atoms with van der Waals surface area (Å²) in [5.74, 6) is 2.26. The van der Waals surface area contributed by atoms with Gasteiger partial charge in [-0.1, -0.05) is 12.1 Å². The van der Waals surface area contributed by atoms with Crippen LogP contribution in [0.2, 0.25) is 0 Å². The first-order valence-electron chi connectivity index (χ1n) is 13.0. The largest absolute Gasteiger partial charge is 0.497 e. The fourth-order valence-corrected chi connectivity index (χ4v) is 4.59. The van der Waals surface area contributed by atoms with E-state index in [0.717, 1.165) is 39.3 Å². The predicted molar refractivity (Wildman–Crippen MR) is 152 cm³/mol. The first-order chi connectivity index (χ1) is 18.9. The molecule has 9 nitrogen and oxygen atoms in total. The highest BCUT2D eigenvalue weighted by Crippen LogP contribution is 2.28. The topological polar surface area (TPSA) is 84.4 Å². The standard InChI is InChI=1S/C30H36N4O5/c1-22(35)32-13-15-33(16-14-32)30-25(19-24-8-11-27(39-4)20-28(24)31-30)21-34(17-18-37-2)29(36)12-7-23-5-9-26(38-3)10-6-23/h5-12,19-20H,13-18,21H2,1-4H3/b12-7+. The zero-order valence-corrected chi connectivity index (χ0v) is 23.1. The molecule has 0 aliphatic carbocycles. The Morgan fingerprint density at radius 2 is 1.64 bits per heavy atom. The highest BCUT2D eigenvalue weighted by Gasteiger charge is 2.24. The summed E-state index contributed by atoms with van der Waals surface area (Å²) in [5, 5.41) is 0.963. The average molecular weight is 533 g/mol. The summed E-state index contributed by atoms with van der Waals surface area (Å²) in [6.07, 6.45) is 3.39. The lowest BCUT2D eigenvalue weighted by Gasteiger charge is -2.36. The van der Waals surface area contributed by atoms with Gasteiger partial charge in [-0.3, -0.25) is 9.59 Å². The van der Waals surface area contributed by atoms with E-state index in [0.29, 0.717) is 45.9 Å². The molecule has 1 aliphatic heterocycles. The lowest BCUT2D eigenvalue weighted by molar-refractivity contribution is -0.129. The second-order valence-corrected chi connectivity index (χ2v) is 9.38. The van der Waals surface area contributed by atoms with Crippen molar-refractivity contribution >= 4 is 34.6 Å². The molecule has 1 saturated heterocycles. The highest BCUT2D eigenvalue weighted by molar-refractivity contribution is 5.92. The van der Waals surface area contributed by atoms with E-state index < -0.39 is 0 Å². The van der Waals surface area contributed by atoms with Crippen molar-refractivity contribution in [2.45, 2.75) is 13.5 Å². The van der Waals surface area contributed by atoms with Crippen LogP contribution >= 0.6 is 0 Å². The number of fused-ring (bicyclic) bond motifs is 1. The van der Waals surface area contributed by atoms with E-state index in [1.165, 1.54) is 0 Å². The second-order valence-electron chi connectivity index (χ2n) is 9.38. The fraction of sp³-hybridized carbons (Fsp3) is 0.367. The summed E-state index contributed by atoms with van der Waals surface area (Å²) in [4.78, 5) is 36.1. The van der Waals surface area contributed by atoms with Gasteiger partial charge in [-0.05, 0) is 42.0 Å². The number of aromatic nitrogens is 1.